The zero-order chi connectivity index (χ0) is 22.0. The molecule has 168 valence electrons. The predicted molar refractivity (Wildman–Crippen MR) is 105 cm³/mol. The number of nitrogens with one attached hydrogen (secondary N) is 1. The van der Waals surface area contributed by atoms with Gasteiger partial charge in [0.25, 0.3) is 0 Å². The molecule has 0 saturated carbocycles. The molecule has 0 rings (SSSR count). The lowest BCUT2D eigenvalue weighted by Gasteiger charge is -2.32. The minimum Gasteiger partial charge on any atom is -0.444 e. The molecule has 1 N–H and O–H groups in total. The van der Waals surface area contributed by atoms with Crippen molar-refractivity contribution in [2.75, 3.05) is 26.4 Å². The molecule has 1 unspecified atom stereocenters. The number of phosphoric ester groups is 1. The third kappa shape index (κ3) is 9.83. The van der Waals surface area contributed by atoms with Crippen molar-refractivity contribution >= 4 is 21.5 Å². The second kappa shape index (κ2) is 12.3. The van der Waals surface area contributed by atoms with Gasteiger partial charge in [0.1, 0.15) is 5.60 Å². The van der Waals surface area contributed by atoms with Crippen LogP contribution >= 0.6 is 15.4 Å². The van der Waals surface area contributed by atoms with E-state index in [1.807, 2.05) is 0 Å². The number of rotatable bonds is 13. The quantitative estimate of drug-likeness (QED) is 0.401. The van der Waals surface area contributed by atoms with Crippen LogP contribution in [0, 0.1) is 0 Å². The fourth-order valence-electron chi connectivity index (χ4n) is 2.08. The Morgan fingerprint density at radius 1 is 0.893 bits per heavy atom. The van der Waals surface area contributed by atoms with Gasteiger partial charge < -0.3 is 19.1 Å². The van der Waals surface area contributed by atoms with E-state index in [-0.39, 0.29) is 26.4 Å². The van der Waals surface area contributed by atoms with Crippen molar-refractivity contribution in [1.82, 2.24) is 5.32 Å². The Kier molecular flexibility index (Phi) is 12.1. The molecule has 28 heavy (non-hydrogen) atoms. The molecule has 0 aliphatic heterocycles. The van der Waals surface area contributed by atoms with Crippen molar-refractivity contribution < 1.29 is 41.3 Å². The molecule has 0 saturated heterocycles. The van der Waals surface area contributed by atoms with E-state index in [9.17, 15) is 13.9 Å². The van der Waals surface area contributed by atoms with E-state index in [1.54, 1.807) is 48.5 Å². The van der Waals surface area contributed by atoms with Crippen molar-refractivity contribution in [1.29, 1.82) is 0 Å². The van der Waals surface area contributed by atoms with Crippen molar-refractivity contribution in [2.45, 2.75) is 72.9 Å². The number of carbonyl (C=O) groups is 1. The van der Waals surface area contributed by atoms with Crippen LogP contribution in [0.15, 0.2) is 0 Å². The minimum atomic E-state index is -4.08. The minimum absolute atomic E-state index is 0.0332. The molecular weight excluding hydrogens is 412 g/mol. The van der Waals surface area contributed by atoms with Gasteiger partial charge in [-0.2, -0.15) is 0 Å². The smallest absolute Gasteiger partial charge is 0.444 e. The summed E-state index contributed by atoms with van der Waals surface area (Å²) in [5.74, 6) is -1.45. The summed E-state index contributed by atoms with van der Waals surface area (Å²) in [6.07, 6.45) is -0.768. The summed E-state index contributed by atoms with van der Waals surface area (Å²) in [6, 6.07) is -0.965. The monoisotopic (exact) mass is 447 g/mol. The summed E-state index contributed by atoms with van der Waals surface area (Å²) < 4.78 is 57.8. The maximum Gasteiger partial charge on any atom is 0.475 e. The Labute approximate surface area is 168 Å². The average molecular weight is 447 g/mol. The molecule has 0 heterocycles. The maximum absolute atomic E-state index is 13.3. The van der Waals surface area contributed by atoms with Crippen LogP contribution in [0.1, 0.15) is 55.4 Å². The van der Waals surface area contributed by atoms with Gasteiger partial charge in [0.2, 0.25) is 0 Å². The largest absolute Gasteiger partial charge is 0.475 e. The van der Waals surface area contributed by atoms with E-state index >= 15 is 0 Å². The highest BCUT2D eigenvalue weighted by Crippen LogP contribution is 2.62. The molecule has 0 bridgehead atoms. The second-order valence-electron chi connectivity index (χ2n) is 6.59. The highest BCUT2D eigenvalue weighted by Gasteiger charge is 2.47. The van der Waals surface area contributed by atoms with Gasteiger partial charge in [0, 0.05) is 0 Å². The number of hydrogen-bond acceptors (Lipinski definition) is 9. The highest BCUT2D eigenvalue weighted by molar-refractivity contribution is 7.56. The first-order chi connectivity index (χ1) is 12.9. The number of ether oxygens (including phenoxy) is 1. The molecule has 1 amide bonds. The summed E-state index contributed by atoms with van der Waals surface area (Å²) >= 11 is 0. The first kappa shape index (κ1) is 27.5. The van der Waals surface area contributed by atoms with Gasteiger partial charge in [-0.25, -0.2) is 9.36 Å². The number of amides is 1. The molecule has 12 heteroatoms. The Balaban J connectivity index is 5.79. The van der Waals surface area contributed by atoms with E-state index < -0.39 is 39.0 Å². The summed E-state index contributed by atoms with van der Waals surface area (Å²) in [5, 5.41) is 2.52. The molecule has 0 fully saturated rings. The third-order valence-corrected chi connectivity index (χ3v) is 7.13. The standard InChI is InChI=1S/C16H35NO9P2/c1-9-21-27(19,22-10-2)14(26-28(20,23-11-3)24-12-4)13(5)17-15(18)25-16(6,7)8/h13-14H,9-12H2,1-8H3,(H,17,18)/t13-,14?/m0/s1. The van der Waals surface area contributed by atoms with E-state index in [4.69, 9.17) is 27.4 Å². The van der Waals surface area contributed by atoms with E-state index in [1.165, 1.54) is 6.92 Å². The van der Waals surface area contributed by atoms with Crippen LogP contribution in [-0.2, 0) is 36.5 Å². The van der Waals surface area contributed by atoms with Crippen molar-refractivity contribution in [3.63, 3.8) is 0 Å². The topological polar surface area (TPSA) is 119 Å². The first-order valence-corrected chi connectivity index (χ1v) is 12.4. The van der Waals surface area contributed by atoms with Crippen molar-refractivity contribution in [2.24, 2.45) is 0 Å². The lowest BCUT2D eigenvalue weighted by Crippen LogP contribution is -2.44. The molecule has 0 aromatic rings. The molecule has 0 spiro atoms. The number of alkyl carbamates (subject to hydrolysis) is 1. The normalized spacial score (nSPS) is 15.1. The summed E-state index contributed by atoms with van der Waals surface area (Å²) in [6.45, 7) is 13.2. The number of carbonyl (C=O) groups excluding carboxylic acids is 1. The zero-order valence-electron chi connectivity index (χ0n) is 18.1. The fraction of sp³-hybridized carbons (Fsp3) is 0.938. The zero-order valence-corrected chi connectivity index (χ0v) is 19.8. The molecule has 0 radical (unpaired) electrons. The van der Waals surface area contributed by atoms with Crippen LogP contribution in [0.3, 0.4) is 0 Å². The van der Waals surface area contributed by atoms with E-state index in [0.717, 1.165) is 0 Å². The van der Waals surface area contributed by atoms with Crippen molar-refractivity contribution in [3.8, 4) is 0 Å². The van der Waals surface area contributed by atoms with Crippen LogP contribution in [0.25, 0.3) is 0 Å². The second-order valence-corrected chi connectivity index (χ2v) is 10.3. The summed E-state index contributed by atoms with van der Waals surface area (Å²) in [5.41, 5.74) is -0.740. The van der Waals surface area contributed by atoms with Crippen LogP contribution < -0.4 is 5.32 Å². The average Bonchev–Trinajstić information content (AvgIpc) is 2.51. The Morgan fingerprint density at radius 2 is 1.32 bits per heavy atom. The maximum atomic E-state index is 13.3. The van der Waals surface area contributed by atoms with Crippen LogP contribution in [0.4, 0.5) is 4.79 Å². The lowest BCUT2D eigenvalue weighted by atomic mass is 10.2. The van der Waals surface area contributed by atoms with Gasteiger partial charge in [0.05, 0.1) is 32.5 Å². The van der Waals surface area contributed by atoms with Crippen LogP contribution in [0.5, 0.6) is 0 Å². The molecule has 10 nitrogen and oxygen atoms in total. The molecular formula is C16H35NO9P2. The van der Waals surface area contributed by atoms with Crippen LogP contribution in [-0.4, -0.2) is 50.0 Å². The van der Waals surface area contributed by atoms with Crippen molar-refractivity contribution in [3.05, 3.63) is 0 Å². The van der Waals surface area contributed by atoms with Gasteiger partial charge >= 0.3 is 21.5 Å². The molecule has 0 aromatic carbocycles. The lowest BCUT2D eigenvalue weighted by molar-refractivity contribution is 0.0422. The molecule has 2 atom stereocenters. The van der Waals surface area contributed by atoms with Gasteiger partial charge in [-0.05, 0) is 55.4 Å². The predicted octanol–water partition coefficient (Wildman–Crippen LogP) is 4.69. The molecule has 0 aliphatic rings. The van der Waals surface area contributed by atoms with E-state index in [2.05, 4.69) is 5.32 Å². The van der Waals surface area contributed by atoms with Gasteiger partial charge in [0.15, 0.2) is 5.85 Å². The fourth-order valence-corrected chi connectivity index (χ4v) is 5.87. The first-order valence-electron chi connectivity index (χ1n) is 9.32. The summed E-state index contributed by atoms with van der Waals surface area (Å²) in [4.78, 5) is 12.1. The van der Waals surface area contributed by atoms with Gasteiger partial charge in [-0.15, -0.1) is 0 Å². The summed E-state index contributed by atoms with van der Waals surface area (Å²) in [7, 11) is -8.04. The Morgan fingerprint density at radius 3 is 1.68 bits per heavy atom. The Hall–Kier alpha value is -0.470. The number of hydrogen-bond donors (Lipinski definition) is 1. The molecule has 0 aliphatic carbocycles. The van der Waals surface area contributed by atoms with E-state index in [0.29, 0.717) is 0 Å². The van der Waals surface area contributed by atoms with Crippen LogP contribution in [0.2, 0.25) is 0 Å². The van der Waals surface area contributed by atoms with Gasteiger partial charge in [-0.3, -0.25) is 18.1 Å². The SMILES string of the molecule is CCOP(=O)(OCC)OC([C@H](C)NC(=O)OC(C)(C)C)P(=O)(OCC)OCC. The molecule has 0 aromatic heterocycles. The Bertz CT molecular complexity index is 545. The highest BCUT2D eigenvalue weighted by atomic mass is 31.2. The third-order valence-electron chi connectivity index (χ3n) is 2.91. The van der Waals surface area contributed by atoms with Gasteiger partial charge in [-0.1, -0.05) is 0 Å². The number of phosphoric acid groups is 1.